The molecule has 4 rings (SSSR count). The summed E-state index contributed by atoms with van der Waals surface area (Å²) in [7, 11) is 0. The third-order valence-corrected chi connectivity index (χ3v) is 4.72. The van der Waals surface area contributed by atoms with Gasteiger partial charge in [-0.2, -0.15) is 0 Å². The molecule has 0 spiro atoms. The van der Waals surface area contributed by atoms with Crippen LogP contribution in [0.25, 0.3) is 11.3 Å². The Balaban J connectivity index is 1.87. The van der Waals surface area contributed by atoms with Crippen molar-refractivity contribution in [2.45, 2.75) is 6.92 Å². The number of nitro groups is 1. The van der Waals surface area contributed by atoms with E-state index in [1.54, 1.807) is 24.3 Å². The quantitative estimate of drug-likeness (QED) is 0.323. The van der Waals surface area contributed by atoms with Crippen molar-refractivity contribution in [2.75, 3.05) is 16.0 Å². The molecule has 154 valence electrons. The molecular weight excluding hydrogens is 396 g/mol. The van der Waals surface area contributed by atoms with Gasteiger partial charge in [0.15, 0.2) is 0 Å². The zero-order chi connectivity index (χ0) is 22.0. The zero-order valence-electron chi connectivity index (χ0n) is 16.5. The molecule has 1 heterocycles. The van der Waals surface area contributed by atoms with E-state index < -0.39 is 4.92 Å². The van der Waals surface area contributed by atoms with Crippen LogP contribution in [0.1, 0.15) is 18.1 Å². The monoisotopic (exact) mass is 414 g/mol. The lowest BCUT2D eigenvalue weighted by molar-refractivity contribution is -0.384. The van der Waals surface area contributed by atoms with Crippen LogP contribution in [-0.2, 0) is 9.59 Å². The molecule has 2 amide bonds. The molecule has 3 aromatic carbocycles. The molecular formula is C23H18N4O4. The van der Waals surface area contributed by atoms with E-state index in [4.69, 9.17) is 0 Å². The van der Waals surface area contributed by atoms with Gasteiger partial charge in [0.25, 0.3) is 11.6 Å². The molecule has 0 fully saturated rings. The fourth-order valence-corrected chi connectivity index (χ4v) is 3.42. The van der Waals surface area contributed by atoms with Gasteiger partial charge in [-0.25, -0.2) is 0 Å². The molecule has 8 heteroatoms. The zero-order valence-corrected chi connectivity index (χ0v) is 16.5. The van der Waals surface area contributed by atoms with Crippen molar-refractivity contribution in [3.63, 3.8) is 0 Å². The molecule has 0 radical (unpaired) electrons. The molecule has 0 unspecified atom stereocenters. The summed E-state index contributed by atoms with van der Waals surface area (Å²) in [5, 5.41) is 20.0. The Kier molecular flexibility index (Phi) is 5.19. The first-order valence-electron chi connectivity index (χ1n) is 9.47. The largest absolute Gasteiger partial charge is 0.354 e. The summed E-state index contributed by atoms with van der Waals surface area (Å²) in [6, 6.07) is 20.6. The number of non-ortho nitro benzene ring substituents is 1. The maximum Gasteiger partial charge on any atom is 0.270 e. The van der Waals surface area contributed by atoms with Crippen LogP contribution < -0.4 is 16.0 Å². The van der Waals surface area contributed by atoms with Gasteiger partial charge >= 0.3 is 0 Å². The lowest BCUT2D eigenvalue weighted by Crippen LogP contribution is -2.10. The number of rotatable bonds is 5. The Hall–Kier alpha value is -4.46. The Morgan fingerprint density at radius 3 is 2.32 bits per heavy atom. The molecule has 0 bridgehead atoms. The third-order valence-electron chi connectivity index (χ3n) is 4.72. The van der Waals surface area contributed by atoms with E-state index in [9.17, 15) is 19.7 Å². The number of hydrogen-bond donors (Lipinski definition) is 3. The van der Waals surface area contributed by atoms with Gasteiger partial charge < -0.3 is 16.0 Å². The van der Waals surface area contributed by atoms with Crippen molar-refractivity contribution in [1.82, 2.24) is 0 Å². The number of benzene rings is 3. The van der Waals surface area contributed by atoms with Gasteiger partial charge in [-0.05, 0) is 29.8 Å². The first-order valence-corrected chi connectivity index (χ1v) is 9.47. The molecule has 1 aliphatic heterocycles. The van der Waals surface area contributed by atoms with E-state index in [2.05, 4.69) is 16.0 Å². The minimum Gasteiger partial charge on any atom is -0.354 e. The molecule has 3 aromatic rings. The molecule has 0 saturated carbocycles. The summed E-state index contributed by atoms with van der Waals surface area (Å²) in [6.07, 6.45) is 0. The van der Waals surface area contributed by atoms with Crippen molar-refractivity contribution in [3.8, 4) is 0 Å². The number of nitrogens with zero attached hydrogens (tertiary/aromatic N) is 1. The molecule has 1 aliphatic rings. The number of nitrogens with one attached hydrogen (secondary N) is 3. The number of nitro benzene ring substituents is 1. The fourth-order valence-electron chi connectivity index (χ4n) is 3.42. The van der Waals surface area contributed by atoms with Crippen LogP contribution in [0, 0.1) is 10.1 Å². The number of carbonyl (C=O) groups excluding carboxylic acids is 2. The summed E-state index contributed by atoms with van der Waals surface area (Å²) in [5.74, 6) is -0.560. The van der Waals surface area contributed by atoms with Gasteiger partial charge in [0.1, 0.15) is 0 Å². The average molecular weight is 414 g/mol. The van der Waals surface area contributed by atoms with Crippen LogP contribution in [0.3, 0.4) is 0 Å². The van der Waals surface area contributed by atoms with Gasteiger partial charge in [-0.3, -0.25) is 19.7 Å². The highest BCUT2D eigenvalue weighted by Gasteiger charge is 2.30. The van der Waals surface area contributed by atoms with Gasteiger partial charge in [0.05, 0.1) is 16.2 Å². The molecule has 0 atom stereocenters. The summed E-state index contributed by atoms with van der Waals surface area (Å²) in [4.78, 5) is 35.1. The summed E-state index contributed by atoms with van der Waals surface area (Å²) < 4.78 is 0. The molecule has 8 nitrogen and oxygen atoms in total. The first kappa shape index (κ1) is 19.8. The molecule has 0 aromatic heterocycles. The smallest absolute Gasteiger partial charge is 0.270 e. The van der Waals surface area contributed by atoms with Gasteiger partial charge in [-0.1, -0.05) is 36.4 Å². The Morgan fingerprint density at radius 1 is 0.935 bits per heavy atom. The van der Waals surface area contributed by atoms with Crippen molar-refractivity contribution in [2.24, 2.45) is 0 Å². The van der Waals surface area contributed by atoms with Gasteiger partial charge in [0.2, 0.25) is 5.91 Å². The number of hydrogen-bond acceptors (Lipinski definition) is 5. The highest BCUT2D eigenvalue weighted by Crippen LogP contribution is 2.39. The van der Waals surface area contributed by atoms with E-state index >= 15 is 0 Å². The van der Waals surface area contributed by atoms with E-state index in [0.717, 1.165) is 5.56 Å². The second-order valence-electron chi connectivity index (χ2n) is 6.94. The number of fused-ring (bicyclic) bond motifs is 1. The minimum absolute atomic E-state index is 0.104. The van der Waals surface area contributed by atoms with Crippen molar-refractivity contribution in [1.29, 1.82) is 0 Å². The van der Waals surface area contributed by atoms with Crippen molar-refractivity contribution in [3.05, 3.63) is 94.0 Å². The summed E-state index contributed by atoms with van der Waals surface area (Å²) >= 11 is 0. The second-order valence-corrected chi connectivity index (χ2v) is 6.94. The van der Waals surface area contributed by atoms with E-state index in [0.29, 0.717) is 33.9 Å². The predicted molar refractivity (Wildman–Crippen MR) is 119 cm³/mol. The second kappa shape index (κ2) is 8.11. The van der Waals surface area contributed by atoms with Crippen LogP contribution in [0.15, 0.2) is 72.8 Å². The number of carbonyl (C=O) groups is 2. The van der Waals surface area contributed by atoms with E-state index in [-0.39, 0.29) is 17.5 Å². The molecule has 31 heavy (non-hydrogen) atoms. The molecule has 0 saturated heterocycles. The lowest BCUT2D eigenvalue weighted by Gasteiger charge is -2.15. The maximum atomic E-state index is 12.9. The normalized spacial score (nSPS) is 13.8. The minimum atomic E-state index is -0.493. The lowest BCUT2D eigenvalue weighted by atomic mass is 9.99. The standard InChI is InChI=1S/C23H18N4O4/c1-14(28)24-16-8-5-9-17(12-16)25-22(15-6-3-2-4-7-15)21-19-13-18(27(30)31)10-11-20(19)26-23(21)29/h2-13,25H,1H3,(H,24,28)(H,26,29). The topological polar surface area (TPSA) is 113 Å². The van der Waals surface area contributed by atoms with Crippen LogP contribution in [0.5, 0.6) is 0 Å². The van der Waals surface area contributed by atoms with Crippen LogP contribution in [-0.4, -0.2) is 16.7 Å². The Morgan fingerprint density at radius 2 is 1.65 bits per heavy atom. The SMILES string of the molecule is CC(=O)Nc1cccc(NC(=C2C(=O)Nc3ccc([N+](=O)[O-])cc32)c2ccccc2)c1. The van der Waals surface area contributed by atoms with Crippen molar-refractivity contribution < 1.29 is 14.5 Å². The maximum absolute atomic E-state index is 12.9. The van der Waals surface area contributed by atoms with Gasteiger partial charge in [-0.15, -0.1) is 0 Å². The molecule has 0 aliphatic carbocycles. The Labute approximate surface area is 177 Å². The number of amides is 2. The molecule has 3 N–H and O–H groups in total. The van der Waals surface area contributed by atoms with Gasteiger partial charge in [0, 0.05) is 41.7 Å². The average Bonchev–Trinajstić information content (AvgIpc) is 3.07. The number of anilines is 3. The van der Waals surface area contributed by atoms with E-state index in [1.165, 1.54) is 25.1 Å². The fraction of sp³-hybridized carbons (Fsp3) is 0.0435. The first-order chi connectivity index (χ1) is 14.9. The van der Waals surface area contributed by atoms with Crippen LogP contribution in [0.2, 0.25) is 0 Å². The Bertz CT molecular complexity index is 1240. The third kappa shape index (κ3) is 4.13. The summed E-state index contributed by atoms with van der Waals surface area (Å²) in [6.45, 7) is 1.42. The predicted octanol–water partition coefficient (Wildman–Crippen LogP) is 4.49. The van der Waals surface area contributed by atoms with Crippen LogP contribution >= 0.6 is 0 Å². The van der Waals surface area contributed by atoms with Crippen LogP contribution in [0.4, 0.5) is 22.7 Å². The van der Waals surface area contributed by atoms with E-state index in [1.807, 2.05) is 30.3 Å². The highest BCUT2D eigenvalue weighted by atomic mass is 16.6. The highest BCUT2D eigenvalue weighted by molar-refractivity contribution is 6.37. The van der Waals surface area contributed by atoms with Crippen molar-refractivity contribution >= 4 is 45.8 Å². The summed E-state index contributed by atoms with van der Waals surface area (Å²) in [5.41, 5.74) is 3.62.